The number of amides is 1. The Morgan fingerprint density at radius 1 is 1.33 bits per heavy atom. The second-order valence-corrected chi connectivity index (χ2v) is 4.83. The fourth-order valence-electron chi connectivity index (χ4n) is 2.31. The Morgan fingerprint density at radius 3 is 2.40 bits per heavy atom. The maximum atomic E-state index is 10.6. The highest BCUT2D eigenvalue weighted by Crippen LogP contribution is 2.24. The van der Waals surface area contributed by atoms with Crippen molar-refractivity contribution in [3.63, 3.8) is 0 Å². The molecule has 1 fully saturated rings. The molecule has 0 aliphatic heterocycles. The number of hydrogen-bond donors (Lipinski definition) is 2. The van der Waals surface area contributed by atoms with Crippen LogP contribution in [0.1, 0.15) is 25.7 Å². The first-order valence-corrected chi connectivity index (χ1v) is 5.74. The average molecular weight is 213 g/mol. The van der Waals surface area contributed by atoms with Crippen LogP contribution < -0.4 is 11.1 Å². The van der Waals surface area contributed by atoms with E-state index in [1.807, 2.05) is 0 Å². The first kappa shape index (κ1) is 12.5. The second-order valence-electron chi connectivity index (χ2n) is 4.83. The topological polar surface area (TPSA) is 58.4 Å². The number of primary amides is 1. The summed E-state index contributed by atoms with van der Waals surface area (Å²) in [7, 11) is 4.24. The largest absolute Gasteiger partial charge is 0.369 e. The predicted molar refractivity (Wildman–Crippen MR) is 61.5 cm³/mol. The Bertz CT molecular complexity index is 198. The van der Waals surface area contributed by atoms with Gasteiger partial charge in [0.05, 0.1) is 6.54 Å². The van der Waals surface area contributed by atoms with Crippen molar-refractivity contribution in [1.82, 2.24) is 10.2 Å². The van der Waals surface area contributed by atoms with Crippen molar-refractivity contribution >= 4 is 5.91 Å². The van der Waals surface area contributed by atoms with Crippen LogP contribution in [0, 0.1) is 5.92 Å². The lowest BCUT2D eigenvalue weighted by Crippen LogP contribution is -2.39. The molecule has 1 rings (SSSR count). The van der Waals surface area contributed by atoms with Crippen molar-refractivity contribution < 1.29 is 4.79 Å². The quantitative estimate of drug-likeness (QED) is 0.685. The molecule has 4 nitrogen and oxygen atoms in total. The fraction of sp³-hybridized carbons (Fsp3) is 0.909. The lowest BCUT2D eigenvalue weighted by Gasteiger charge is -2.30. The summed E-state index contributed by atoms with van der Waals surface area (Å²) < 4.78 is 0. The maximum Gasteiger partial charge on any atom is 0.231 e. The molecule has 1 saturated carbocycles. The van der Waals surface area contributed by atoms with Crippen LogP contribution in [-0.4, -0.2) is 44.0 Å². The van der Waals surface area contributed by atoms with Gasteiger partial charge in [-0.2, -0.15) is 0 Å². The zero-order chi connectivity index (χ0) is 11.3. The van der Waals surface area contributed by atoms with Gasteiger partial charge in [-0.15, -0.1) is 0 Å². The van der Waals surface area contributed by atoms with Crippen molar-refractivity contribution in [3.05, 3.63) is 0 Å². The molecule has 0 aromatic carbocycles. The van der Waals surface area contributed by atoms with E-state index in [-0.39, 0.29) is 5.91 Å². The van der Waals surface area contributed by atoms with Crippen LogP contribution in [-0.2, 0) is 4.79 Å². The van der Waals surface area contributed by atoms with E-state index >= 15 is 0 Å². The third kappa shape index (κ3) is 5.14. The molecule has 0 spiro atoms. The zero-order valence-corrected chi connectivity index (χ0v) is 9.83. The Morgan fingerprint density at radius 2 is 1.93 bits per heavy atom. The van der Waals surface area contributed by atoms with Crippen molar-refractivity contribution in [2.75, 3.05) is 27.2 Å². The SMILES string of the molecule is CN(C)CC1CCC(NCC(N)=O)CC1. The summed E-state index contributed by atoms with van der Waals surface area (Å²) >= 11 is 0. The lowest BCUT2D eigenvalue weighted by molar-refractivity contribution is -0.117. The summed E-state index contributed by atoms with van der Waals surface area (Å²) in [6, 6.07) is 0.496. The molecule has 0 saturated heterocycles. The number of hydrogen-bond acceptors (Lipinski definition) is 3. The van der Waals surface area contributed by atoms with E-state index in [2.05, 4.69) is 24.3 Å². The number of carbonyl (C=O) groups is 1. The number of nitrogens with one attached hydrogen (secondary N) is 1. The minimum absolute atomic E-state index is 0.259. The lowest BCUT2D eigenvalue weighted by atomic mass is 9.86. The van der Waals surface area contributed by atoms with Gasteiger partial charge in [-0.25, -0.2) is 0 Å². The van der Waals surface area contributed by atoms with Gasteiger partial charge in [0.15, 0.2) is 0 Å². The molecular weight excluding hydrogens is 190 g/mol. The summed E-state index contributed by atoms with van der Waals surface area (Å²) in [6.07, 6.45) is 4.86. The van der Waals surface area contributed by atoms with Crippen LogP contribution in [0.2, 0.25) is 0 Å². The molecule has 0 radical (unpaired) electrons. The molecule has 15 heavy (non-hydrogen) atoms. The minimum atomic E-state index is -0.259. The van der Waals surface area contributed by atoms with Crippen LogP contribution in [0.3, 0.4) is 0 Å². The molecule has 0 heterocycles. The molecule has 1 amide bonds. The molecule has 0 aromatic heterocycles. The van der Waals surface area contributed by atoms with Crippen LogP contribution in [0.25, 0.3) is 0 Å². The molecular formula is C11H23N3O. The van der Waals surface area contributed by atoms with E-state index in [0.717, 1.165) is 5.92 Å². The molecule has 4 heteroatoms. The Kier molecular flexibility index (Phi) is 5.05. The van der Waals surface area contributed by atoms with E-state index < -0.39 is 0 Å². The monoisotopic (exact) mass is 213 g/mol. The molecule has 0 unspecified atom stereocenters. The summed E-state index contributed by atoms with van der Waals surface area (Å²) in [4.78, 5) is 12.9. The van der Waals surface area contributed by atoms with Gasteiger partial charge in [0.25, 0.3) is 0 Å². The van der Waals surface area contributed by atoms with E-state index in [4.69, 9.17) is 5.73 Å². The first-order valence-electron chi connectivity index (χ1n) is 5.74. The summed E-state index contributed by atoms with van der Waals surface area (Å²) in [5.74, 6) is 0.567. The van der Waals surface area contributed by atoms with E-state index in [1.165, 1.54) is 32.2 Å². The fourth-order valence-corrected chi connectivity index (χ4v) is 2.31. The Balaban J connectivity index is 2.15. The van der Waals surface area contributed by atoms with Gasteiger partial charge >= 0.3 is 0 Å². The van der Waals surface area contributed by atoms with Crippen LogP contribution in [0.5, 0.6) is 0 Å². The third-order valence-electron chi connectivity index (χ3n) is 3.04. The first-order chi connectivity index (χ1) is 7.08. The van der Waals surface area contributed by atoms with Crippen molar-refractivity contribution in [3.8, 4) is 0 Å². The number of nitrogens with zero attached hydrogens (tertiary/aromatic N) is 1. The average Bonchev–Trinajstić information content (AvgIpc) is 2.16. The summed E-state index contributed by atoms with van der Waals surface area (Å²) in [6.45, 7) is 1.51. The normalized spacial score (nSPS) is 26.9. The van der Waals surface area contributed by atoms with Gasteiger partial charge in [0, 0.05) is 12.6 Å². The standard InChI is InChI=1S/C11H23N3O/c1-14(2)8-9-3-5-10(6-4-9)13-7-11(12)15/h9-10,13H,3-8H2,1-2H3,(H2,12,15). The number of rotatable bonds is 5. The van der Waals surface area contributed by atoms with Crippen LogP contribution >= 0.6 is 0 Å². The summed E-state index contributed by atoms with van der Waals surface area (Å²) in [5.41, 5.74) is 5.09. The van der Waals surface area contributed by atoms with E-state index in [1.54, 1.807) is 0 Å². The number of carbonyl (C=O) groups excluding carboxylic acids is 1. The zero-order valence-electron chi connectivity index (χ0n) is 9.83. The highest BCUT2D eigenvalue weighted by Gasteiger charge is 2.21. The van der Waals surface area contributed by atoms with Crippen molar-refractivity contribution in [1.29, 1.82) is 0 Å². The van der Waals surface area contributed by atoms with Crippen LogP contribution in [0.15, 0.2) is 0 Å². The molecule has 0 atom stereocenters. The van der Waals surface area contributed by atoms with Gasteiger partial charge in [-0.05, 0) is 45.7 Å². The molecule has 1 aliphatic rings. The predicted octanol–water partition coefficient (Wildman–Crippen LogP) is 0.182. The van der Waals surface area contributed by atoms with Gasteiger partial charge in [0.2, 0.25) is 5.91 Å². The molecule has 0 bridgehead atoms. The Labute approximate surface area is 92.2 Å². The van der Waals surface area contributed by atoms with Gasteiger partial charge in [0.1, 0.15) is 0 Å². The smallest absolute Gasteiger partial charge is 0.231 e. The Hall–Kier alpha value is -0.610. The van der Waals surface area contributed by atoms with Gasteiger partial charge in [-0.3, -0.25) is 4.79 Å². The molecule has 3 N–H and O–H groups in total. The highest BCUT2D eigenvalue weighted by molar-refractivity contribution is 5.75. The van der Waals surface area contributed by atoms with Crippen molar-refractivity contribution in [2.24, 2.45) is 11.7 Å². The maximum absolute atomic E-state index is 10.6. The number of nitrogens with two attached hydrogens (primary N) is 1. The van der Waals surface area contributed by atoms with Gasteiger partial charge < -0.3 is 16.0 Å². The third-order valence-corrected chi connectivity index (χ3v) is 3.04. The van der Waals surface area contributed by atoms with Crippen molar-refractivity contribution in [2.45, 2.75) is 31.7 Å². The molecule has 1 aliphatic carbocycles. The van der Waals surface area contributed by atoms with E-state index in [9.17, 15) is 4.79 Å². The molecule has 0 aromatic rings. The second kappa shape index (κ2) is 6.08. The van der Waals surface area contributed by atoms with Crippen LogP contribution in [0.4, 0.5) is 0 Å². The summed E-state index contributed by atoms with van der Waals surface area (Å²) in [5, 5.41) is 3.21. The minimum Gasteiger partial charge on any atom is -0.369 e. The van der Waals surface area contributed by atoms with E-state index in [0.29, 0.717) is 12.6 Å². The highest BCUT2D eigenvalue weighted by atomic mass is 16.1. The molecule has 88 valence electrons. The van der Waals surface area contributed by atoms with Gasteiger partial charge in [-0.1, -0.05) is 0 Å².